The van der Waals surface area contributed by atoms with E-state index >= 15 is 0 Å². The van der Waals surface area contributed by atoms with Crippen LogP contribution in [0.2, 0.25) is 5.02 Å². The number of amides is 1. The second-order valence-corrected chi connectivity index (χ2v) is 6.82. The minimum Gasteiger partial charge on any atom is -0.321 e. The molecule has 0 aliphatic heterocycles. The van der Waals surface area contributed by atoms with E-state index in [4.69, 9.17) is 11.6 Å². The van der Waals surface area contributed by atoms with E-state index in [2.05, 4.69) is 25.6 Å². The summed E-state index contributed by atoms with van der Waals surface area (Å²) in [6, 6.07) is 7.25. The Bertz CT molecular complexity index is 920. The number of hydrogen-bond donors (Lipinski definition) is 2. The number of nitrogens with one attached hydrogen (secondary N) is 2. The molecule has 0 saturated carbocycles. The zero-order valence-electron chi connectivity index (χ0n) is 13.9. The van der Waals surface area contributed by atoms with Crippen molar-refractivity contribution >= 4 is 45.6 Å². The fourth-order valence-corrected chi connectivity index (χ4v) is 3.04. The molecule has 0 bridgehead atoms. The van der Waals surface area contributed by atoms with Crippen LogP contribution in [-0.2, 0) is 0 Å². The third kappa shape index (κ3) is 4.32. The van der Waals surface area contributed by atoms with Gasteiger partial charge >= 0.3 is 0 Å². The summed E-state index contributed by atoms with van der Waals surface area (Å²) in [5.41, 5.74) is 3.61. The molecule has 1 aromatic carbocycles. The number of benzene rings is 1. The van der Waals surface area contributed by atoms with Gasteiger partial charge < -0.3 is 10.6 Å². The molecule has 128 valence electrons. The second-order valence-electron chi connectivity index (χ2n) is 5.56. The number of halogens is 1. The zero-order valence-corrected chi connectivity index (χ0v) is 15.5. The molecule has 0 radical (unpaired) electrons. The molecule has 0 unspecified atom stereocenters. The Hall–Kier alpha value is -2.51. The number of nitrogens with zero attached hydrogens (tertiary/aromatic N) is 3. The highest BCUT2D eigenvalue weighted by atomic mass is 35.5. The lowest BCUT2D eigenvalue weighted by molar-refractivity contribution is 0.102. The number of carbonyl (C=O) groups is 1. The Morgan fingerprint density at radius 1 is 1.08 bits per heavy atom. The van der Waals surface area contributed by atoms with Crippen molar-refractivity contribution in [2.45, 2.75) is 20.8 Å². The van der Waals surface area contributed by atoms with Gasteiger partial charge in [0.25, 0.3) is 5.91 Å². The number of aromatic nitrogens is 3. The first-order valence-electron chi connectivity index (χ1n) is 7.53. The van der Waals surface area contributed by atoms with Crippen molar-refractivity contribution in [3.8, 4) is 0 Å². The monoisotopic (exact) mass is 373 g/mol. The summed E-state index contributed by atoms with van der Waals surface area (Å²) in [5, 5.41) is 8.64. The smallest absolute Gasteiger partial charge is 0.275 e. The molecule has 3 aromatic rings. The molecular weight excluding hydrogens is 358 g/mol. The van der Waals surface area contributed by atoms with E-state index in [1.54, 1.807) is 17.5 Å². The van der Waals surface area contributed by atoms with Gasteiger partial charge in [0, 0.05) is 27.5 Å². The standard InChI is InChI=1S/C17H16ClN5OS/c1-9-4-5-12(7-13(9)18)21-15(24)14-8-25-17(22-14)23-16-19-10(2)6-11(3)20-16/h4-8H,1-3H3,(H,21,24)(H,19,20,22,23). The average molecular weight is 374 g/mol. The van der Waals surface area contributed by atoms with E-state index in [1.165, 1.54) is 11.3 Å². The molecular formula is C17H16ClN5OS. The Balaban J connectivity index is 1.71. The van der Waals surface area contributed by atoms with Crippen molar-refractivity contribution in [3.63, 3.8) is 0 Å². The highest BCUT2D eigenvalue weighted by molar-refractivity contribution is 7.14. The SMILES string of the molecule is Cc1cc(C)nc(Nc2nc(C(=O)Nc3ccc(C)c(Cl)c3)cs2)n1. The number of thiazole rings is 1. The first kappa shape index (κ1) is 17.3. The summed E-state index contributed by atoms with van der Waals surface area (Å²) in [4.78, 5) is 25.2. The van der Waals surface area contributed by atoms with E-state index in [0.29, 0.717) is 27.5 Å². The molecule has 0 saturated heterocycles. The lowest BCUT2D eigenvalue weighted by Crippen LogP contribution is -2.12. The maximum Gasteiger partial charge on any atom is 0.275 e. The maximum atomic E-state index is 12.3. The van der Waals surface area contributed by atoms with Crippen LogP contribution < -0.4 is 10.6 Å². The predicted octanol–water partition coefficient (Wildman–Crippen LogP) is 4.51. The fourth-order valence-electron chi connectivity index (χ4n) is 2.18. The van der Waals surface area contributed by atoms with E-state index in [0.717, 1.165) is 17.0 Å². The van der Waals surface area contributed by atoms with Crippen molar-refractivity contribution in [3.05, 3.63) is 57.3 Å². The lowest BCUT2D eigenvalue weighted by Gasteiger charge is -2.05. The van der Waals surface area contributed by atoms with Crippen LogP contribution >= 0.6 is 22.9 Å². The van der Waals surface area contributed by atoms with Gasteiger partial charge in [-0.3, -0.25) is 4.79 Å². The third-order valence-corrected chi connectivity index (χ3v) is 4.53. The van der Waals surface area contributed by atoms with Crippen LogP contribution in [0.15, 0.2) is 29.6 Å². The lowest BCUT2D eigenvalue weighted by atomic mass is 10.2. The quantitative estimate of drug-likeness (QED) is 0.703. The molecule has 2 heterocycles. The van der Waals surface area contributed by atoms with Gasteiger partial charge in [-0.1, -0.05) is 17.7 Å². The largest absolute Gasteiger partial charge is 0.321 e. The van der Waals surface area contributed by atoms with E-state index in [9.17, 15) is 4.79 Å². The highest BCUT2D eigenvalue weighted by Crippen LogP contribution is 2.22. The Kier molecular flexibility index (Phi) is 4.96. The number of carbonyl (C=O) groups excluding carboxylic acids is 1. The molecule has 0 atom stereocenters. The molecule has 2 aromatic heterocycles. The molecule has 6 nitrogen and oxygen atoms in total. The van der Waals surface area contributed by atoms with E-state index in [-0.39, 0.29) is 5.91 Å². The molecule has 8 heteroatoms. The Morgan fingerprint density at radius 2 is 1.80 bits per heavy atom. The average Bonchev–Trinajstić information content (AvgIpc) is 2.98. The summed E-state index contributed by atoms with van der Waals surface area (Å²) < 4.78 is 0. The minimum absolute atomic E-state index is 0.300. The van der Waals surface area contributed by atoms with Crippen LogP contribution in [0.25, 0.3) is 0 Å². The van der Waals surface area contributed by atoms with Gasteiger partial charge in [-0.25, -0.2) is 15.0 Å². The Morgan fingerprint density at radius 3 is 2.48 bits per heavy atom. The van der Waals surface area contributed by atoms with Crippen molar-refractivity contribution < 1.29 is 4.79 Å². The van der Waals surface area contributed by atoms with Crippen LogP contribution in [0.4, 0.5) is 16.8 Å². The predicted molar refractivity (Wildman–Crippen MR) is 101 cm³/mol. The number of rotatable bonds is 4. The molecule has 0 fully saturated rings. The first-order chi connectivity index (χ1) is 11.9. The van der Waals surface area contributed by atoms with Crippen LogP contribution in [0.3, 0.4) is 0 Å². The highest BCUT2D eigenvalue weighted by Gasteiger charge is 2.12. The van der Waals surface area contributed by atoms with Gasteiger partial charge in [0.1, 0.15) is 5.69 Å². The van der Waals surface area contributed by atoms with Gasteiger partial charge in [0.2, 0.25) is 5.95 Å². The number of aryl methyl sites for hydroxylation is 3. The van der Waals surface area contributed by atoms with Crippen LogP contribution in [0.1, 0.15) is 27.4 Å². The summed E-state index contributed by atoms with van der Waals surface area (Å²) in [5.74, 6) is 0.162. The second kappa shape index (κ2) is 7.16. The van der Waals surface area contributed by atoms with Gasteiger partial charge in [-0.2, -0.15) is 0 Å². The van der Waals surface area contributed by atoms with Crippen LogP contribution in [0, 0.1) is 20.8 Å². The van der Waals surface area contributed by atoms with Gasteiger partial charge in [-0.15, -0.1) is 11.3 Å². The number of anilines is 3. The molecule has 0 aliphatic carbocycles. The zero-order chi connectivity index (χ0) is 18.0. The van der Waals surface area contributed by atoms with Gasteiger partial charge in [0.15, 0.2) is 5.13 Å². The van der Waals surface area contributed by atoms with Crippen molar-refractivity contribution in [2.24, 2.45) is 0 Å². The van der Waals surface area contributed by atoms with Crippen LogP contribution in [-0.4, -0.2) is 20.9 Å². The summed E-state index contributed by atoms with van der Waals surface area (Å²) >= 11 is 7.39. The van der Waals surface area contributed by atoms with E-state index < -0.39 is 0 Å². The fraction of sp³-hybridized carbons (Fsp3) is 0.176. The maximum absolute atomic E-state index is 12.3. The van der Waals surface area contributed by atoms with Gasteiger partial charge in [-0.05, 0) is 44.5 Å². The topological polar surface area (TPSA) is 79.8 Å². The molecule has 2 N–H and O–H groups in total. The van der Waals surface area contributed by atoms with Gasteiger partial charge in [0.05, 0.1) is 0 Å². The third-order valence-electron chi connectivity index (χ3n) is 3.37. The van der Waals surface area contributed by atoms with Crippen LogP contribution in [0.5, 0.6) is 0 Å². The van der Waals surface area contributed by atoms with E-state index in [1.807, 2.05) is 32.9 Å². The molecule has 3 rings (SSSR count). The molecule has 1 amide bonds. The van der Waals surface area contributed by atoms with Crippen molar-refractivity contribution in [1.29, 1.82) is 0 Å². The molecule has 0 spiro atoms. The molecule has 0 aliphatic rings. The summed E-state index contributed by atoms with van der Waals surface area (Å²) in [6.45, 7) is 5.70. The molecule has 25 heavy (non-hydrogen) atoms. The Labute approximate surface area is 154 Å². The first-order valence-corrected chi connectivity index (χ1v) is 8.79. The normalized spacial score (nSPS) is 10.6. The van der Waals surface area contributed by atoms with Crippen molar-refractivity contribution in [2.75, 3.05) is 10.6 Å². The summed E-state index contributed by atoms with van der Waals surface area (Å²) in [6.07, 6.45) is 0. The minimum atomic E-state index is -0.300. The number of hydrogen-bond acceptors (Lipinski definition) is 6. The summed E-state index contributed by atoms with van der Waals surface area (Å²) in [7, 11) is 0. The van der Waals surface area contributed by atoms with Crippen molar-refractivity contribution in [1.82, 2.24) is 15.0 Å².